The summed E-state index contributed by atoms with van der Waals surface area (Å²) in [5.41, 5.74) is 4.19. The third kappa shape index (κ3) is 6.41. The summed E-state index contributed by atoms with van der Waals surface area (Å²) in [6.07, 6.45) is 9.50. The second-order valence-corrected chi connectivity index (χ2v) is 9.55. The van der Waals surface area contributed by atoms with Crippen LogP contribution in [0.2, 0.25) is 0 Å². The Morgan fingerprint density at radius 2 is 1.97 bits per heavy atom. The molecule has 2 atom stereocenters. The van der Waals surface area contributed by atoms with Crippen LogP contribution < -0.4 is 20.7 Å². The molecule has 35 heavy (non-hydrogen) atoms. The highest BCUT2D eigenvalue weighted by Gasteiger charge is 2.28. The van der Waals surface area contributed by atoms with Gasteiger partial charge in [0.25, 0.3) is 0 Å². The Bertz CT molecular complexity index is 1080. The number of hydrogen-bond donors (Lipinski definition) is 3. The molecule has 0 saturated carbocycles. The molecule has 4 heterocycles. The van der Waals surface area contributed by atoms with Crippen LogP contribution in [0.4, 0.5) is 11.6 Å². The van der Waals surface area contributed by atoms with Gasteiger partial charge in [-0.1, -0.05) is 6.92 Å². The third-order valence-electron chi connectivity index (χ3n) is 6.34. The molecule has 0 amide bonds. The summed E-state index contributed by atoms with van der Waals surface area (Å²) in [4.78, 5) is 18.0. The number of aromatic nitrogens is 4. The average Bonchev–Trinajstić information content (AvgIpc) is 3.38. The van der Waals surface area contributed by atoms with Crippen LogP contribution in [0.3, 0.4) is 0 Å². The average molecular weight is 494 g/mol. The van der Waals surface area contributed by atoms with Crippen LogP contribution in [-0.2, 0) is 6.42 Å². The van der Waals surface area contributed by atoms with Crippen molar-refractivity contribution in [2.45, 2.75) is 25.7 Å². The Morgan fingerprint density at radius 3 is 2.74 bits per heavy atom. The van der Waals surface area contributed by atoms with Gasteiger partial charge in [0.15, 0.2) is 0 Å². The molecular weight excluding hydrogens is 458 g/mol. The van der Waals surface area contributed by atoms with E-state index in [2.05, 4.69) is 55.1 Å². The van der Waals surface area contributed by atoms with E-state index in [1.807, 2.05) is 49.4 Å². The second kappa shape index (κ2) is 12.7. The maximum Gasteiger partial charge on any atom is 0.144 e. The number of rotatable bonds is 13. The Hall–Kier alpha value is -2.91. The number of hydrogen-bond acceptors (Lipinski definition) is 9. The molecule has 0 bridgehead atoms. The highest BCUT2D eigenvalue weighted by Crippen LogP contribution is 2.39. The lowest BCUT2D eigenvalue weighted by Crippen LogP contribution is -2.24. The van der Waals surface area contributed by atoms with E-state index in [9.17, 15) is 0 Å². The first-order valence-electron chi connectivity index (χ1n) is 12.2. The van der Waals surface area contributed by atoms with Crippen molar-refractivity contribution in [2.24, 2.45) is 5.92 Å². The Labute approximate surface area is 212 Å². The smallest absolute Gasteiger partial charge is 0.144 e. The number of pyridine rings is 2. The van der Waals surface area contributed by atoms with E-state index in [0.29, 0.717) is 11.8 Å². The molecule has 9 heteroatoms. The predicted molar refractivity (Wildman–Crippen MR) is 145 cm³/mol. The highest BCUT2D eigenvalue weighted by atomic mass is 32.2. The van der Waals surface area contributed by atoms with Gasteiger partial charge in [0.05, 0.1) is 18.0 Å². The van der Waals surface area contributed by atoms with Crippen LogP contribution in [0.5, 0.6) is 5.75 Å². The van der Waals surface area contributed by atoms with E-state index in [1.165, 1.54) is 5.56 Å². The van der Waals surface area contributed by atoms with Crippen LogP contribution in [0.15, 0.2) is 43.0 Å². The van der Waals surface area contributed by atoms with Crippen LogP contribution >= 0.6 is 11.8 Å². The Balaban J connectivity index is 1.45. The maximum atomic E-state index is 5.98. The highest BCUT2D eigenvalue weighted by molar-refractivity contribution is 7.98. The monoisotopic (exact) mass is 493 g/mol. The standard InChI is InChI=1S/C26H35N7OS/c1-4-20(21-7-9-28-22-8-12-34-26(21)22)19(16-35-3)15-31-25-13-23(32-17-33-25)18-5-6-24(30-14-18)29-11-10-27-2/h5-7,9,13-14,17,19-20,27H,4,8,10-12,15-16H2,1-3H3,(H,29,30)(H,31,32,33). The summed E-state index contributed by atoms with van der Waals surface area (Å²) >= 11 is 1.88. The molecule has 0 aliphatic carbocycles. The molecular formula is C26H35N7OS. The van der Waals surface area contributed by atoms with E-state index >= 15 is 0 Å². The van der Waals surface area contributed by atoms with Gasteiger partial charge in [-0.15, -0.1) is 0 Å². The van der Waals surface area contributed by atoms with Crippen LogP contribution in [0, 0.1) is 5.92 Å². The Morgan fingerprint density at radius 1 is 1.06 bits per heavy atom. The molecule has 4 rings (SSSR count). The molecule has 3 N–H and O–H groups in total. The number of nitrogens with one attached hydrogen (secondary N) is 3. The lowest BCUT2D eigenvalue weighted by molar-refractivity contribution is 0.345. The SMILES string of the molecule is CCC(c1ccnc2c1OCC2)C(CNc1cc(-c2ccc(NCCNC)nc2)ncn1)CSC. The van der Waals surface area contributed by atoms with Crippen LogP contribution in [-0.4, -0.2) is 65.2 Å². The minimum atomic E-state index is 0.387. The van der Waals surface area contributed by atoms with E-state index in [4.69, 9.17) is 4.74 Å². The van der Waals surface area contributed by atoms with Crippen molar-refractivity contribution in [1.82, 2.24) is 25.3 Å². The molecule has 186 valence electrons. The molecule has 0 saturated heterocycles. The summed E-state index contributed by atoms with van der Waals surface area (Å²) < 4.78 is 5.98. The van der Waals surface area contributed by atoms with Crippen LogP contribution in [0.1, 0.15) is 30.5 Å². The molecule has 0 spiro atoms. The zero-order chi connectivity index (χ0) is 24.5. The normalized spacial score (nSPS) is 14.1. The lowest BCUT2D eigenvalue weighted by Gasteiger charge is -2.27. The molecule has 2 unspecified atom stereocenters. The van der Waals surface area contributed by atoms with E-state index in [0.717, 1.165) is 79.2 Å². The van der Waals surface area contributed by atoms with Crippen molar-refractivity contribution in [1.29, 1.82) is 0 Å². The van der Waals surface area contributed by atoms with E-state index in [1.54, 1.807) is 6.33 Å². The maximum absolute atomic E-state index is 5.98. The van der Waals surface area contributed by atoms with Gasteiger partial charge < -0.3 is 20.7 Å². The van der Waals surface area contributed by atoms with E-state index in [-0.39, 0.29) is 0 Å². The van der Waals surface area contributed by atoms with Crippen molar-refractivity contribution < 1.29 is 4.74 Å². The lowest BCUT2D eigenvalue weighted by atomic mass is 9.84. The Kier molecular flexibility index (Phi) is 9.14. The zero-order valence-corrected chi connectivity index (χ0v) is 21.6. The first-order chi connectivity index (χ1) is 17.2. The molecule has 3 aromatic heterocycles. The molecule has 3 aromatic rings. The van der Waals surface area contributed by atoms with Gasteiger partial charge in [0, 0.05) is 55.6 Å². The predicted octanol–water partition coefficient (Wildman–Crippen LogP) is 4.08. The number of nitrogens with zero attached hydrogens (tertiary/aromatic N) is 4. The molecule has 8 nitrogen and oxygen atoms in total. The van der Waals surface area contributed by atoms with Gasteiger partial charge in [-0.2, -0.15) is 11.8 Å². The van der Waals surface area contributed by atoms with Gasteiger partial charge in [-0.3, -0.25) is 4.98 Å². The van der Waals surface area contributed by atoms with Gasteiger partial charge in [0.1, 0.15) is 23.7 Å². The van der Waals surface area contributed by atoms with Crippen molar-refractivity contribution in [3.63, 3.8) is 0 Å². The number of thioether (sulfide) groups is 1. The topological polar surface area (TPSA) is 96.9 Å². The molecule has 0 aromatic carbocycles. The molecule has 0 radical (unpaired) electrons. The van der Waals surface area contributed by atoms with Gasteiger partial charge in [-0.25, -0.2) is 15.0 Å². The fraction of sp³-hybridized carbons (Fsp3) is 0.462. The largest absolute Gasteiger partial charge is 0.491 e. The van der Waals surface area contributed by atoms with Crippen molar-refractivity contribution in [3.8, 4) is 17.0 Å². The summed E-state index contributed by atoms with van der Waals surface area (Å²) in [6, 6.07) is 8.15. The third-order valence-corrected chi connectivity index (χ3v) is 7.10. The van der Waals surface area contributed by atoms with Gasteiger partial charge >= 0.3 is 0 Å². The van der Waals surface area contributed by atoms with Crippen molar-refractivity contribution in [2.75, 3.05) is 55.9 Å². The molecule has 0 fully saturated rings. The fourth-order valence-electron chi connectivity index (χ4n) is 4.55. The molecule has 1 aliphatic rings. The minimum Gasteiger partial charge on any atom is -0.491 e. The summed E-state index contributed by atoms with van der Waals surface area (Å²) in [5, 5.41) is 9.98. The van der Waals surface area contributed by atoms with E-state index < -0.39 is 0 Å². The fourth-order valence-corrected chi connectivity index (χ4v) is 5.32. The number of ether oxygens (including phenoxy) is 1. The first-order valence-corrected chi connectivity index (χ1v) is 13.6. The van der Waals surface area contributed by atoms with Gasteiger partial charge in [-0.05, 0) is 55.5 Å². The molecule has 1 aliphatic heterocycles. The summed E-state index contributed by atoms with van der Waals surface area (Å²) in [7, 11) is 1.93. The second-order valence-electron chi connectivity index (χ2n) is 8.64. The number of likely N-dealkylation sites (N-methyl/N-ethyl adjacent to an activating group) is 1. The quantitative estimate of drug-likeness (QED) is 0.304. The van der Waals surface area contributed by atoms with Gasteiger partial charge in [0.2, 0.25) is 0 Å². The zero-order valence-electron chi connectivity index (χ0n) is 20.8. The van der Waals surface area contributed by atoms with Crippen molar-refractivity contribution >= 4 is 23.4 Å². The van der Waals surface area contributed by atoms with Crippen molar-refractivity contribution in [3.05, 3.63) is 54.2 Å². The number of fused-ring (bicyclic) bond motifs is 1. The number of anilines is 2. The first kappa shape index (κ1) is 25.2. The van der Waals surface area contributed by atoms with Crippen LogP contribution in [0.25, 0.3) is 11.3 Å². The summed E-state index contributed by atoms with van der Waals surface area (Å²) in [5.74, 6) is 4.54. The minimum absolute atomic E-state index is 0.387. The summed E-state index contributed by atoms with van der Waals surface area (Å²) in [6.45, 7) is 5.52.